The Morgan fingerprint density at radius 1 is 1.22 bits per heavy atom. The van der Waals surface area contributed by atoms with Crippen LogP contribution >= 0.6 is 11.3 Å². The lowest BCUT2D eigenvalue weighted by Crippen LogP contribution is -2.35. The second kappa shape index (κ2) is 9.47. The molecule has 1 saturated heterocycles. The SMILES string of the molecule is COc1cc(C(=O)Nc2nc3ccc(CN4CCOCC4)cc3s2)c([N+](=O)[O-])cc1OC. The maximum atomic E-state index is 12.8. The highest BCUT2D eigenvalue weighted by molar-refractivity contribution is 7.22. The number of hydrogen-bond acceptors (Lipinski definition) is 9. The average Bonchev–Trinajstić information content (AvgIpc) is 3.20. The predicted octanol–water partition coefficient (Wildman–Crippen LogP) is 3.31. The van der Waals surface area contributed by atoms with Gasteiger partial charge in [0.15, 0.2) is 16.6 Å². The minimum atomic E-state index is -0.648. The molecule has 10 nitrogen and oxygen atoms in total. The lowest BCUT2D eigenvalue weighted by molar-refractivity contribution is -0.385. The number of nitrogens with one attached hydrogen (secondary N) is 1. The molecule has 0 bridgehead atoms. The van der Waals surface area contributed by atoms with Gasteiger partial charge in [0.25, 0.3) is 11.6 Å². The number of aromatic nitrogens is 1. The second-order valence-corrected chi connectivity index (χ2v) is 8.18. The minimum Gasteiger partial charge on any atom is -0.493 e. The molecule has 168 valence electrons. The van der Waals surface area contributed by atoms with Crippen LogP contribution in [-0.2, 0) is 11.3 Å². The van der Waals surface area contributed by atoms with E-state index in [2.05, 4.69) is 21.3 Å². The standard InChI is InChI=1S/C21H22N4O6S/c1-29-17-10-14(16(25(27)28)11-18(17)30-2)20(26)23-21-22-15-4-3-13(9-19(15)32-21)12-24-5-7-31-8-6-24/h3-4,9-11H,5-8,12H2,1-2H3,(H,22,23,26). The number of anilines is 1. The first-order valence-electron chi connectivity index (χ1n) is 9.90. The molecule has 0 radical (unpaired) electrons. The molecule has 1 N–H and O–H groups in total. The number of nitrogens with zero attached hydrogens (tertiary/aromatic N) is 3. The Labute approximate surface area is 187 Å². The van der Waals surface area contributed by atoms with E-state index in [1.807, 2.05) is 12.1 Å². The van der Waals surface area contributed by atoms with Crippen LogP contribution in [0, 0.1) is 10.1 Å². The first-order chi connectivity index (χ1) is 15.5. The third-order valence-corrected chi connectivity index (χ3v) is 6.06. The Kier molecular flexibility index (Phi) is 6.49. The van der Waals surface area contributed by atoms with Gasteiger partial charge < -0.3 is 14.2 Å². The molecule has 0 atom stereocenters. The van der Waals surface area contributed by atoms with Crippen LogP contribution in [0.5, 0.6) is 11.5 Å². The van der Waals surface area contributed by atoms with Crippen molar-refractivity contribution in [1.82, 2.24) is 9.88 Å². The summed E-state index contributed by atoms with van der Waals surface area (Å²) in [6.45, 7) is 4.08. The van der Waals surface area contributed by atoms with Crippen LogP contribution in [0.15, 0.2) is 30.3 Å². The zero-order chi connectivity index (χ0) is 22.7. The van der Waals surface area contributed by atoms with Gasteiger partial charge in [-0.2, -0.15) is 0 Å². The third kappa shape index (κ3) is 4.64. The first kappa shape index (κ1) is 21.9. The van der Waals surface area contributed by atoms with Crippen molar-refractivity contribution in [2.24, 2.45) is 0 Å². The number of rotatable bonds is 7. The van der Waals surface area contributed by atoms with Crippen molar-refractivity contribution in [2.45, 2.75) is 6.54 Å². The molecule has 0 unspecified atom stereocenters. The van der Waals surface area contributed by atoms with Crippen LogP contribution in [-0.4, -0.2) is 61.2 Å². The molecule has 2 aromatic carbocycles. The van der Waals surface area contributed by atoms with Crippen molar-refractivity contribution in [1.29, 1.82) is 0 Å². The van der Waals surface area contributed by atoms with Crippen molar-refractivity contribution >= 4 is 38.3 Å². The Morgan fingerprint density at radius 2 is 1.94 bits per heavy atom. The highest BCUT2D eigenvalue weighted by Gasteiger charge is 2.25. The zero-order valence-corrected chi connectivity index (χ0v) is 18.4. The number of fused-ring (bicyclic) bond motifs is 1. The summed E-state index contributed by atoms with van der Waals surface area (Å²) in [6.07, 6.45) is 0. The molecule has 0 spiro atoms. The van der Waals surface area contributed by atoms with Gasteiger partial charge in [0.1, 0.15) is 5.56 Å². The molecule has 1 fully saturated rings. The van der Waals surface area contributed by atoms with E-state index in [1.165, 1.54) is 37.7 Å². The third-order valence-electron chi connectivity index (χ3n) is 5.13. The maximum Gasteiger partial charge on any atom is 0.286 e. The summed E-state index contributed by atoms with van der Waals surface area (Å²) in [6, 6.07) is 8.44. The van der Waals surface area contributed by atoms with E-state index >= 15 is 0 Å². The Morgan fingerprint density at radius 3 is 2.62 bits per heavy atom. The second-order valence-electron chi connectivity index (χ2n) is 7.15. The number of thiazole rings is 1. The smallest absolute Gasteiger partial charge is 0.286 e. The van der Waals surface area contributed by atoms with Crippen LogP contribution in [0.4, 0.5) is 10.8 Å². The van der Waals surface area contributed by atoms with Crippen molar-refractivity contribution in [3.8, 4) is 11.5 Å². The van der Waals surface area contributed by atoms with Gasteiger partial charge in [-0.1, -0.05) is 17.4 Å². The Bertz CT molecular complexity index is 1160. The highest BCUT2D eigenvalue weighted by atomic mass is 32.1. The fourth-order valence-electron chi connectivity index (χ4n) is 3.50. The summed E-state index contributed by atoms with van der Waals surface area (Å²) in [5.74, 6) is -0.255. The largest absolute Gasteiger partial charge is 0.493 e. The fourth-order valence-corrected chi connectivity index (χ4v) is 4.43. The van der Waals surface area contributed by atoms with Crippen LogP contribution < -0.4 is 14.8 Å². The van der Waals surface area contributed by atoms with E-state index in [4.69, 9.17) is 14.2 Å². The maximum absolute atomic E-state index is 12.8. The average molecular weight is 458 g/mol. The van der Waals surface area contributed by atoms with Gasteiger partial charge in [-0.05, 0) is 17.7 Å². The van der Waals surface area contributed by atoms with Gasteiger partial charge in [-0.3, -0.25) is 25.1 Å². The summed E-state index contributed by atoms with van der Waals surface area (Å²) in [4.78, 5) is 30.5. The number of benzene rings is 2. The van der Waals surface area contributed by atoms with Crippen LogP contribution in [0.3, 0.4) is 0 Å². The van der Waals surface area contributed by atoms with Gasteiger partial charge in [0.2, 0.25) is 0 Å². The molecular formula is C21H22N4O6S. The van der Waals surface area contributed by atoms with Crippen LogP contribution in [0.25, 0.3) is 10.2 Å². The number of amides is 1. The van der Waals surface area contributed by atoms with E-state index in [0.717, 1.165) is 48.6 Å². The molecule has 32 heavy (non-hydrogen) atoms. The Hall–Kier alpha value is -3.28. The molecule has 1 aliphatic heterocycles. The van der Waals surface area contributed by atoms with Crippen molar-refractivity contribution in [3.63, 3.8) is 0 Å². The number of hydrogen-bond donors (Lipinski definition) is 1. The summed E-state index contributed by atoms with van der Waals surface area (Å²) >= 11 is 1.32. The van der Waals surface area contributed by atoms with E-state index in [9.17, 15) is 14.9 Å². The van der Waals surface area contributed by atoms with Gasteiger partial charge in [0, 0.05) is 25.7 Å². The summed E-state index contributed by atoms with van der Waals surface area (Å²) in [5.41, 5.74) is 1.38. The molecule has 1 amide bonds. The van der Waals surface area contributed by atoms with Crippen molar-refractivity contribution in [3.05, 3.63) is 51.6 Å². The number of methoxy groups -OCH3 is 2. The molecular weight excluding hydrogens is 436 g/mol. The molecule has 0 aliphatic carbocycles. The lowest BCUT2D eigenvalue weighted by Gasteiger charge is -2.26. The van der Waals surface area contributed by atoms with Gasteiger partial charge >= 0.3 is 0 Å². The van der Waals surface area contributed by atoms with E-state index < -0.39 is 10.8 Å². The predicted molar refractivity (Wildman–Crippen MR) is 120 cm³/mol. The summed E-state index contributed by atoms with van der Waals surface area (Å²) in [7, 11) is 2.77. The van der Waals surface area contributed by atoms with E-state index in [1.54, 1.807) is 0 Å². The minimum absolute atomic E-state index is 0.139. The summed E-state index contributed by atoms with van der Waals surface area (Å²) < 4.78 is 16.6. The van der Waals surface area contributed by atoms with E-state index in [-0.39, 0.29) is 22.7 Å². The number of nitro groups is 1. The van der Waals surface area contributed by atoms with E-state index in [0.29, 0.717) is 5.13 Å². The fraction of sp³-hybridized carbons (Fsp3) is 0.333. The molecule has 1 aliphatic rings. The molecule has 1 aromatic heterocycles. The summed E-state index contributed by atoms with van der Waals surface area (Å²) in [5, 5.41) is 14.5. The Balaban J connectivity index is 1.56. The topological polar surface area (TPSA) is 116 Å². The van der Waals surface area contributed by atoms with Crippen LogP contribution in [0.1, 0.15) is 15.9 Å². The molecule has 3 aromatic rings. The monoisotopic (exact) mass is 458 g/mol. The number of carbonyl (C=O) groups excluding carboxylic acids is 1. The van der Waals surface area contributed by atoms with Gasteiger partial charge in [-0.15, -0.1) is 0 Å². The number of ether oxygens (including phenoxy) is 3. The number of carbonyl (C=O) groups is 1. The molecule has 4 rings (SSSR count). The molecule has 11 heteroatoms. The first-order valence-corrected chi connectivity index (χ1v) is 10.7. The number of nitro benzene ring substituents is 1. The number of morpholine rings is 1. The zero-order valence-electron chi connectivity index (χ0n) is 17.6. The van der Waals surface area contributed by atoms with Crippen LogP contribution in [0.2, 0.25) is 0 Å². The lowest BCUT2D eigenvalue weighted by atomic mass is 10.1. The van der Waals surface area contributed by atoms with Crippen molar-refractivity contribution < 1.29 is 23.9 Å². The highest BCUT2D eigenvalue weighted by Crippen LogP contribution is 2.35. The van der Waals surface area contributed by atoms with Gasteiger partial charge in [-0.25, -0.2) is 4.98 Å². The van der Waals surface area contributed by atoms with Gasteiger partial charge in [0.05, 0.1) is 48.6 Å². The normalized spacial score (nSPS) is 14.3. The molecule has 0 saturated carbocycles. The quantitative estimate of drug-likeness (QED) is 0.423. The molecule has 2 heterocycles. The van der Waals surface area contributed by atoms with Crippen molar-refractivity contribution in [2.75, 3.05) is 45.8 Å².